The Bertz CT molecular complexity index is 2650. The standard InChI is InChI=1S/C37H22N4S/c1-4-12-30-23(9-1)19-36-40(33-15-7-8-16-34(33)41(30)36)24-17-18-35-28(20-24)29-21-25(22-38-37(29)42-35)39-31-13-5-2-10-26(31)27-11-3-6-14-32(27)39/h1-22H. The van der Waals surface area contributed by atoms with E-state index in [0.29, 0.717) is 0 Å². The van der Waals surface area contributed by atoms with Crippen LogP contribution in [0.5, 0.6) is 0 Å². The second-order valence-electron chi connectivity index (χ2n) is 10.9. The van der Waals surface area contributed by atoms with Crippen LogP contribution in [0, 0.1) is 0 Å². The van der Waals surface area contributed by atoms with Crippen molar-refractivity contribution in [2.24, 2.45) is 0 Å². The van der Waals surface area contributed by atoms with Gasteiger partial charge in [-0.05, 0) is 60.7 Å². The molecule has 0 aliphatic heterocycles. The molecule has 196 valence electrons. The smallest absolute Gasteiger partial charge is 0.124 e. The molecule has 5 heterocycles. The van der Waals surface area contributed by atoms with Crippen molar-refractivity contribution in [2.75, 3.05) is 0 Å². The van der Waals surface area contributed by atoms with Gasteiger partial charge in [0.15, 0.2) is 0 Å². The molecule has 0 saturated carbocycles. The Hall–Kier alpha value is -5.39. The average Bonchev–Trinajstić information content (AvgIpc) is 3.77. The maximum Gasteiger partial charge on any atom is 0.124 e. The summed E-state index contributed by atoms with van der Waals surface area (Å²) < 4.78 is 8.36. The van der Waals surface area contributed by atoms with E-state index in [1.165, 1.54) is 64.9 Å². The molecule has 0 saturated heterocycles. The summed E-state index contributed by atoms with van der Waals surface area (Å²) in [4.78, 5) is 6.05. The second-order valence-corrected chi connectivity index (χ2v) is 11.9. The van der Waals surface area contributed by atoms with E-state index in [4.69, 9.17) is 4.98 Å². The summed E-state index contributed by atoms with van der Waals surface area (Å²) >= 11 is 1.76. The van der Waals surface area contributed by atoms with Gasteiger partial charge in [-0.15, -0.1) is 11.3 Å². The lowest BCUT2D eigenvalue weighted by atomic mass is 10.1. The van der Waals surface area contributed by atoms with E-state index in [-0.39, 0.29) is 0 Å². The molecule has 5 aromatic carbocycles. The number of hydrogen-bond donors (Lipinski definition) is 0. The number of pyridine rings is 1. The number of aromatic nitrogens is 4. The van der Waals surface area contributed by atoms with Gasteiger partial charge in [-0.25, -0.2) is 4.98 Å². The van der Waals surface area contributed by atoms with E-state index >= 15 is 0 Å². The van der Waals surface area contributed by atoms with Crippen molar-refractivity contribution in [3.05, 3.63) is 134 Å². The molecule has 42 heavy (non-hydrogen) atoms. The Morgan fingerprint density at radius 3 is 1.90 bits per heavy atom. The fourth-order valence-corrected chi connectivity index (χ4v) is 7.90. The van der Waals surface area contributed by atoms with Crippen molar-refractivity contribution < 1.29 is 0 Å². The van der Waals surface area contributed by atoms with Crippen LogP contribution in [0.3, 0.4) is 0 Å². The molecule has 0 spiro atoms. The van der Waals surface area contributed by atoms with E-state index in [0.717, 1.165) is 16.2 Å². The molecular weight excluding hydrogens is 533 g/mol. The molecule has 0 N–H and O–H groups in total. The lowest BCUT2D eigenvalue weighted by molar-refractivity contribution is 1.15. The number of rotatable bonds is 2. The molecule has 0 fully saturated rings. The highest BCUT2D eigenvalue weighted by Gasteiger charge is 2.18. The van der Waals surface area contributed by atoms with Crippen LogP contribution < -0.4 is 0 Å². The third-order valence-electron chi connectivity index (χ3n) is 8.68. The van der Waals surface area contributed by atoms with Gasteiger partial charge in [-0.3, -0.25) is 8.97 Å². The summed E-state index contributed by atoms with van der Waals surface area (Å²) in [6.45, 7) is 0. The molecule has 0 radical (unpaired) electrons. The maximum atomic E-state index is 5.00. The molecule has 5 heteroatoms. The first-order valence-electron chi connectivity index (χ1n) is 14.1. The molecule has 0 unspecified atom stereocenters. The molecule has 0 amide bonds. The van der Waals surface area contributed by atoms with Crippen LogP contribution in [0.1, 0.15) is 0 Å². The SMILES string of the molecule is c1ccc2c(c1)cc1n(-c3ccc4sc5ncc(-n6c7ccccc7c7ccccc76)cc5c4c3)c3ccccc3n21. The Morgan fingerprint density at radius 2 is 1.12 bits per heavy atom. The normalized spacial score (nSPS) is 12.3. The fourth-order valence-electron chi connectivity index (χ4n) is 6.89. The van der Waals surface area contributed by atoms with E-state index in [2.05, 4.69) is 141 Å². The first-order chi connectivity index (χ1) is 20.8. The van der Waals surface area contributed by atoms with Gasteiger partial charge < -0.3 is 4.57 Å². The Balaban J connectivity index is 1.25. The summed E-state index contributed by atoms with van der Waals surface area (Å²) in [6, 6.07) is 46.0. The van der Waals surface area contributed by atoms with Gasteiger partial charge in [0.1, 0.15) is 10.5 Å². The minimum atomic E-state index is 1.06. The lowest BCUT2D eigenvalue weighted by Gasteiger charge is -2.08. The van der Waals surface area contributed by atoms with Crippen molar-refractivity contribution in [3.8, 4) is 11.4 Å². The highest BCUT2D eigenvalue weighted by Crippen LogP contribution is 2.39. The number of imidazole rings is 1. The van der Waals surface area contributed by atoms with Crippen LogP contribution in [0.25, 0.3) is 81.1 Å². The molecule has 0 bridgehead atoms. The molecule has 10 rings (SSSR count). The maximum absolute atomic E-state index is 5.00. The number of hydrogen-bond acceptors (Lipinski definition) is 2. The number of thiophene rings is 1. The highest BCUT2D eigenvalue weighted by molar-refractivity contribution is 7.25. The molecule has 10 aromatic rings. The monoisotopic (exact) mass is 554 g/mol. The van der Waals surface area contributed by atoms with Crippen molar-refractivity contribution >= 4 is 81.0 Å². The van der Waals surface area contributed by atoms with Gasteiger partial charge >= 0.3 is 0 Å². The zero-order valence-corrected chi connectivity index (χ0v) is 23.2. The van der Waals surface area contributed by atoms with Gasteiger partial charge in [0.2, 0.25) is 0 Å². The van der Waals surface area contributed by atoms with E-state index in [9.17, 15) is 0 Å². The molecule has 4 nitrogen and oxygen atoms in total. The number of nitrogens with zero attached hydrogens (tertiary/aromatic N) is 4. The molecule has 0 aliphatic carbocycles. The van der Waals surface area contributed by atoms with Crippen molar-refractivity contribution in [3.63, 3.8) is 0 Å². The Labute approximate surface area is 243 Å². The molecule has 0 aliphatic rings. The minimum absolute atomic E-state index is 1.06. The first-order valence-corrected chi connectivity index (χ1v) is 15.0. The van der Waals surface area contributed by atoms with Gasteiger partial charge in [0, 0.05) is 37.3 Å². The third-order valence-corrected chi connectivity index (χ3v) is 9.77. The van der Waals surface area contributed by atoms with Crippen LogP contribution >= 0.6 is 11.3 Å². The van der Waals surface area contributed by atoms with Crippen LogP contribution in [0.2, 0.25) is 0 Å². The summed E-state index contributed by atoms with van der Waals surface area (Å²) in [6.07, 6.45) is 2.02. The highest BCUT2D eigenvalue weighted by atomic mass is 32.1. The zero-order chi connectivity index (χ0) is 27.4. The zero-order valence-electron chi connectivity index (χ0n) is 22.4. The van der Waals surface area contributed by atoms with E-state index < -0.39 is 0 Å². The van der Waals surface area contributed by atoms with Crippen LogP contribution in [0.4, 0.5) is 0 Å². The third kappa shape index (κ3) is 2.88. The number of para-hydroxylation sites is 5. The second kappa shape index (κ2) is 8.09. The summed E-state index contributed by atoms with van der Waals surface area (Å²) in [5.41, 5.74) is 9.42. The first kappa shape index (κ1) is 22.3. The summed E-state index contributed by atoms with van der Waals surface area (Å²) in [5, 5.41) is 6.18. The van der Waals surface area contributed by atoms with Crippen LogP contribution in [-0.2, 0) is 0 Å². The topological polar surface area (TPSA) is 27.2 Å². The van der Waals surface area contributed by atoms with Crippen molar-refractivity contribution in [1.82, 2.24) is 18.5 Å². The van der Waals surface area contributed by atoms with Crippen molar-refractivity contribution in [2.45, 2.75) is 0 Å². The molecule has 5 aromatic heterocycles. The predicted octanol–water partition coefficient (Wildman–Crippen LogP) is 9.90. The molecule has 0 atom stereocenters. The molecular formula is C37H22N4S. The van der Waals surface area contributed by atoms with E-state index in [1.54, 1.807) is 11.3 Å². The van der Waals surface area contributed by atoms with Crippen LogP contribution in [0.15, 0.2) is 134 Å². The average molecular weight is 555 g/mol. The summed E-state index contributed by atoms with van der Waals surface area (Å²) in [7, 11) is 0. The fraction of sp³-hybridized carbons (Fsp3) is 0. The Morgan fingerprint density at radius 1 is 0.476 bits per heavy atom. The minimum Gasteiger partial charge on any atom is -0.308 e. The van der Waals surface area contributed by atoms with Gasteiger partial charge in [0.25, 0.3) is 0 Å². The van der Waals surface area contributed by atoms with Crippen molar-refractivity contribution in [1.29, 1.82) is 0 Å². The number of benzene rings is 5. The lowest BCUT2D eigenvalue weighted by Crippen LogP contribution is -1.95. The quantitative estimate of drug-likeness (QED) is 0.209. The van der Waals surface area contributed by atoms with Gasteiger partial charge in [-0.2, -0.15) is 0 Å². The van der Waals surface area contributed by atoms with Crippen LogP contribution in [-0.4, -0.2) is 18.5 Å². The van der Waals surface area contributed by atoms with Gasteiger partial charge in [-0.1, -0.05) is 66.7 Å². The largest absolute Gasteiger partial charge is 0.308 e. The predicted molar refractivity (Wildman–Crippen MR) is 177 cm³/mol. The summed E-state index contributed by atoms with van der Waals surface area (Å²) in [5.74, 6) is 0. The van der Waals surface area contributed by atoms with Gasteiger partial charge in [0.05, 0.1) is 39.5 Å². The number of fused-ring (bicyclic) bond motifs is 11. The Kier molecular flexibility index (Phi) is 4.30. The van der Waals surface area contributed by atoms with E-state index in [1.807, 2.05) is 6.20 Å².